The average molecular weight is 732 g/mol. The van der Waals surface area contributed by atoms with E-state index in [0.717, 1.165) is 42.5 Å². The zero-order chi connectivity index (χ0) is 50.9. The Morgan fingerprint density at radius 1 is 0.321 bits per heavy atom. The van der Waals surface area contributed by atoms with E-state index in [4.69, 9.17) is 36.9 Å². The molecule has 5 heteroatoms. The number of hydrogen-bond donors (Lipinski definition) is 0. The van der Waals surface area contributed by atoms with Crippen molar-refractivity contribution in [1.82, 2.24) is 24.1 Å². The van der Waals surface area contributed by atoms with E-state index in [9.17, 15) is 0 Å². The Balaban J connectivity index is 1.19. The summed E-state index contributed by atoms with van der Waals surface area (Å²) in [5, 5.41) is -1.04. The molecule has 0 bridgehead atoms. The number of rotatable bonds is 6. The van der Waals surface area contributed by atoms with E-state index < -0.39 is 109 Å². The van der Waals surface area contributed by atoms with E-state index in [1.165, 1.54) is 0 Å². The van der Waals surface area contributed by atoms with Crippen LogP contribution in [0.1, 0.15) is 21.9 Å². The largest absolute Gasteiger partial charge is 0.278 e. The normalized spacial score (nSPS) is 15.6. The minimum atomic E-state index is -0.695. The van der Waals surface area contributed by atoms with Crippen LogP contribution < -0.4 is 0 Å². The van der Waals surface area contributed by atoms with Gasteiger partial charge >= 0.3 is 0 Å². The molecule has 0 unspecified atom stereocenters. The van der Waals surface area contributed by atoms with Crippen LogP contribution in [0.5, 0.6) is 0 Å². The maximum atomic E-state index is 9.16. The Hall–Kier alpha value is -7.63. The highest BCUT2D eigenvalue weighted by Crippen LogP contribution is 2.35. The van der Waals surface area contributed by atoms with Crippen LogP contribution in [-0.2, 0) is 0 Å². The third-order valence-corrected chi connectivity index (χ3v) is 9.74. The van der Waals surface area contributed by atoms with Gasteiger partial charge in [0.2, 0.25) is 11.9 Å². The van der Waals surface area contributed by atoms with E-state index in [1.54, 1.807) is 12.1 Å². The predicted molar refractivity (Wildman–Crippen MR) is 230 cm³/mol. The summed E-state index contributed by atoms with van der Waals surface area (Å²) in [6.45, 7) is 0. The van der Waals surface area contributed by atoms with Crippen LogP contribution in [0.2, 0.25) is 0 Å². The zero-order valence-corrected chi connectivity index (χ0v) is 29.1. The molecule has 8 aromatic carbocycles. The first-order valence-electron chi connectivity index (χ1n) is 25.6. The van der Waals surface area contributed by atoms with Gasteiger partial charge in [0.25, 0.3) is 0 Å². The fraction of sp³-hybridized carbons (Fsp3) is 0. The van der Waals surface area contributed by atoms with E-state index in [-0.39, 0.29) is 49.4 Å². The summed E-state index contributed by atoms with van der Waals surface area (Å²) in [7, 11) is 0. The van der Waals surface area contributed by atoms with Crippen molar-refractivity contribution in [3.8, 4) is 56.7 Å². The molecule has 0 aliphatic rings. The first-order chi connectivity index (χ1) is 34.4. The minimum Gasteiger partial charge on any atom is -0.278 e. The van der Waals surface area contributed by atoms with Crippen molar-refractivity contribution in [2.24, 2.45) is 0 Å². The van der Waals surface area contributed by atoms with Crippen molar-refractivity contribution in [3.05, 3.63) is 200 Å². The summed E-state index contributed by atoms with van der Waals surface area (Å²) in [5.41, 5.74) is 4.85. The Morgan fingerprint density at radius 3 is 1.09 bits per heavy atom. The van der Waals surface area contributed by atoms with E-state index in [2.05, 4.69) is 24.3 Å². The monoisotopic (exact) mass is 731 g/mol. The van der Waals surface area contributed by atoms with Gasteiger partial charge in [-0.2, -0.15) is 15.0 Å². The summed E-state index contributed by atoms with van der Waals surface area (Å²) < 4.78 is 144. The third-order valence-electron chi connectivity index (χ3n) is 9.74. The molecule has 0 radical (unpaired) electrons. The molecule has 11 rings (SSSR count). The SMILES string of the molecule is [2H]c1c([2H])c([2H])c2c(c1[2H])c1c([2H])c([2H])c([2H])c([2H])c1n2-c1nc(-c2ccc(-c3cccc(-c4ccc(-c5ccccc5)cc4)c3)cc2)nc(-n2c3c([2H])c([2H])c([2H])c([2H])c3c3c([2H])c([2H])c([2H])c([2H])c32)n1. The topological polar surface area (TPSA) is 48.5 Å². The highest BCUT2D eigenvalue weighted by atomic mass is 15.3. The Kier molecular flexibility index (Phi) is 4.57. The molecule has 0 aliphatic heterocycles. The lowest BCUT2D eigenvalue weighted by molar-refractivity contribution is 0.893. The van der Waals surface area contributed by atoms with Gasteiger partial charge in [-0.3, -0.25) is 9.13 Å². The second-order valence-electron chi connectivity index (χ2n) is 12.9. The van der Waals surface area contributed by atoms with E-state index in [0.29, 0.717) is 5.56 Å². The molecule has 0 atom stereocenters. The first kappa shape index (κ1) is 19.6. The molecule has 0 N–H and O–H groups in total. The van der Waals surface area contributed by atoms with Gasteiger partial charge in [0, 0.05) is 27.1 Å². The maximum Gasteiger partial charge on any atom is 0.240 e. The Bertz CT molecular complexity index is 3820. The maximum absolute atomic E-state index is 9.16. The van der Waals surface area contributed by atoms with Gasteiger partial charge in [0.05, 0.1) is 44.0 Å². The van der Waals surface area contributed by atoms with Gasteiger partial charge in [-0.1, -0.05) is 170 Å². The predicted octanol–water partition coefficient (Wildman–Crippen LogP) is 12.7. The van der Waals surface area contributed by atoms with Crippen molar-refractivity contribution in [3.63, 3.8) is 0 Å². The van der Waals surface area contributed by atoms with E-state index in [1.807, 2.05) is 66.7 Å². The van der Waals surface area contributed by atoms with Crippen LogP contribution in [-0.4, -0.2) is 24.1 Å². The standard InChI is InChI=1S/C51H33N5/c1-2-13-34(14-3-1)35-25-27-36(28-26-35)39-15-12-16-40(33-39)37-29-31-38(32-30-37)49-52-50(55-45-21-8-4-17-41(45)42-18-5-9-22-46(42)55)54-51(53-49)56-47-23-10-6-19-43(47)44-20-7-11-24-48(44)56/h1-33H/i4D,5D,6D,7D,8D,9D,10D,11D,17D,18D,19D,20D,21D,22D,23D,24D. The van der Waals surface area contributed by atoms with Gasteiger partial charge in [0.1, 0.15) is 0 Å². The number of fused-ring (bicyclic) bond motifs is 6. The molecule has 5 nitrogen and oxygen atoms in total. The van der Waals surface area contributed by atoms with Gasteiger partial charge in [-0.25, -0.2) is 0 Å². The fourth-order valence-electron chi connectivity index (χ4n) is 7.10. The van der Waals surface area contributed by atoms with Crippen molar-refractivity contribution in [2.75, 3.05) is 0 Å². The molecule has 0 fully saturated rings. The van der Waals surface area contributed by atoms with Crippen molar-refractivity contribution >= 4 is 43.6 Å². The molecule has 0 saturated carbocycles. The van der Waals surface area contributed by atoms with Crippen molar-refractivity contribution in [2.45, 2.75) is 0 Å². The van der Waals surface area contributed by atoms with Gasteiger partial charge in [0.15, 0.2) is 5.82 Å². The Morgan fingerprint density at radius 2 is 0.661 bits per heavy atom. The van der Waals surface area contributed by atoms with Crippen LogP contribution in [0.25, 0.3) is 100 Å². The van der Waals surface area contributed by atoms with Crippen LogP contribution in [0.3, 0.4) is 0 Å². The van der Waals surface area contributed by atoms with Crippen LogP contribution in [0.15, 0.2) is 200 Å². The van der Waals surface area contributed by atoms with Gasteiger partial charge < -0.3 is 0 Å². The van der Waals surface area contributed by atoms with Crippen LogP contribution >= 0.6 is 0 Å². The second kappa shape index (κ2) is 13.0. The Labute approximate surface area is 345 Å². The summed E-state index contributed by atoms with van der Waals surface area (Å²) in [4.78, 5) is 14.4. The summed E-state index contributed by atoms with van der Waals surface area (Å²) in [6.07, 6.45) is 0. The molecule has 3 aromatic heterocycles. The number of benzene rings is 8. The van der Waals surface area contributed by atoms with Crippen molar-refractivity contribution < 1.29 is 21.9 Å². The fourth-order valence-corrected chi connectivity index (χ4v) is 7.10. The molecular formula is C51H33N5. The smallest absolute Gasteiger partial charge is 0.240 e. The average Bonchev–Trinajstić information content (AvgIpc) is 3.97. The highest BCUT2D eigenvalue weighted by molar-refractivity contribution is 6.10. The zero-order valence-electron chi connectivity index (χ0n) is 45.1. The summed E-state index contributed by atoms with van der Waals surface area (Å²) in [6, 6.07) is 22.9. The lowest BCUT2D eigenvalue weighted by Crippen LogP contribution is -2.10. The first-order valence-corrected chi connectivity index (χ1v) is 17.6. The molecule has 0 aliphatic carbocycles. The lowest BCUT2D eigenvalue weighted by Gasteiger charge is -2.13. The van der Waals surface area contributed by atoms with Gasteiger partial charge in [-0.15, -0.1) is 0 Å². The molecule has 3 heterocycles. The highest BCUT2D eigenvalue weighted by Gasteiger charge is 2.20. The minimum absolute atomic E-state index is 0.137. The molecule has 0 saturated heterocycles. The number of aromatic nitrogens is 5. The summed E-state index contributed by atoms with van der Waals surface area (Å²) >= 11 is 0. The molecule has 262 valence electrons. The number of nitrogens with zero attached hydrogens (tertiary/aromatic N) is 5. The molecule has 56 heavy (non-hydrogen) atoms. The van der Waals surface area contributed by atoms with Crippen LogP contribution in [0.4, 0.5) is 0 Å². The third kappa shape index (κ3) is 5.29. The number of hydrogen-bond acceptors (Lipinski definition) is 3. The van der Waals surface area contributed by atoms with Gasteiger partial charge in [-0.05, 0) is 63.6 Å². The quantitative estimate of drug-likeness (QED) is 0.171. The second-order valence-corrected chi connectivity index (χ2v) is 12.9. The van der Waals surface area contributed by atoms with E-state index >= 15 is 0 Å². The molecule has 0 amide bonds. The van der Waals surface area contributed by atoms with Crippen molar-refractivity contribution in [1.29, 1.82) is 0 Å². The van der Waals surface area contributed by atoms with Crippen LogP contribution in [0, 0.1) is 0 Å². The molecule has 11 aromatic rings. The number of para-hydroxylation sites is 4. The molecule has 0 spiro atoms. The summed E-state index contributed by atoms with van der Waals surface area (Å²) in [5.74, 6) is -1.06. The molecular weight excluding hydrogens is 683 g/mol. The lowest BCUT2D eigenvalue weighted by atomic mass is 9.97.